The van der Waals surface area contributed by atoms with Crippen LogP contribution in [0.1, 0.15) is 13.3 Å². The molecule has 13 heavy (non-hydrogen) atoms. The fraction of sp³-hybridized carbons (Fsp3) is 0.833. The fourth-order valence-corrected chi connectivity index (χ4v) is 0.762. The summed E-state index contributed by atoms with van der Waals surface area (Å²) >= 11 is 0. The van der Waals surface area contributed by atoms with E-state index in [0.29, 0.717) is 5.96 Å². The fourth-order valence-electron chi connectivity index (χ4n) is 0.762. The van der Waals surface area contributed by atoms with Crippen molar-refractivity contribution in [2.45, 2.75) is 27.0 Å². The molecule has 0 aliphatic heterocycles. The second-order valence-electron chi connectivity index (χ2n) is 2.86. The lowest BCUT2D eigenvalue weighted by atomic mass is 9.88. The minimum atomic E-state index is -0.773. The van der Waals surface area contributed by atoms with Crippen LogP contribution in [-0.4, -0.2) is 36.7 Å². The van der Waals surface area contributed by atoms with Gasteiger partial charge in [0.25, 0.3) is 0 Å². The van der Waals surface area contributed by atoms with E-state index in [2.05, 4.69) is 15.4 Å². The highest BCUT2D eigenvalue weighted by molar-refractivity contribution is 6.52. The molecule has 4 N–H and O–H groups in total. The van der Waals surface area contributed by atoms with Crippen LogP contribution >= 0.6 is 0 Å². The number of hydrogen-bond donors (Lipinski definition) is 4. The Hall–Kier alpha value is -0.680. The van der Waals surface area contributed by atoms with Crippen LogP contribution < -0.4 is 10.5 Å². The minimum absolute atomic E-state index is 0.423. The van der Waals surface area contributed by atoms with E-state index in [0.717, 1.165) is 13.0 Å². The topological polar surface area (TPSA) is 76.9 Å². The molecule has 0 amide bonds. The van der Waals surface area contributed by atoms with Gasteiger partial charge in [-0.2, -0.15) is 0 Å². The molecule has 0 heterocycles. The quantitative estimate of drug-likeness (QED) is 0.261. The monoisotopic (exact) mass is 185 g/mol. The third-order valence-electron chi connectivity index (χ3n) is 1.20. The lowest BCUT2D eigenvalue weighted by molar-refractivity contribution is 0.568. The summed E-state index contributed by atoms with van der Waals surface area (Å²) in [5, 5.41) is 23.6. The van der Waals surface area contributed by atoms with Crippen LogP contribution in [0.15, 0.2) is 4.90 Å². The lowest BCUT2D eigenvalue weighted by Crippen LogP contribution is -2.45. The van der Waals surface area contributed by atoms with E-state index in [1.807, 2.05) is 6.92 Å². The predicted molar refractivity (Wildman–Crippen MR) is 56.5 cm³/mol. The molecular weight excluding hydrogens is 168 g/mol. The standard InChI is InChI=1S/C6H17B2N3O2/c1-4-5-9-6(10-7(2)12)11-8(3)13/h12-13H,4-5H2,1-3H3,(H2,9,10,11). The molecule has 0 aromatic heterocycles. The highest BCUT2D eigenvalue weighted by atomic mass is 16.2. The molecular formula is C6H17B2N3O2. The van der Waals surface area contributed by atoms with Gasteiger partial charge < -0.3 is 20.6 Å². The molecule has 0 unspecified atom stereocenters. The molecule has 0 fully saturated rings. The van der Waals surface area contributed by atoms with E-state index in [-0.39, 0.29) is 0 Å². The third-order valence-corrected chi connectivity index (χ3v) is 1.20. The second kappa shape index (κ2) is 6.80. The molecule has 0 aliphatic carbocycles. The van der Waals surface area contributed by atoms with Crippen LogP contribution in [0.2, 0.25) is 13.6 Å². The first-order valence-electron chi connectivity index (χ1n) is 4.50. The van der Waals surface area contributed by atoms with Crippen LogP contribution in [-0.2, 0) is 0 Å². The molecule has 7 heteroatoms. The molecule has 74 valence electrons. The summed E-state index contributed by atoms with van der Waals surface area (Å²) in [4.78, 5) is 3.84. The molecule has 0 aromatic rings. The maximum atomic E-state index is 9.02. The maximum Gasteiger partial charge on any atom is 0.431 e. The Bertz CT molecular complexity index is 164. The van der Waals surface area contributed by atoms with Gasteiger partial charge in [-0.3, -0.25) is 4.90 Å². The molecule has 0 atom stereocenters. The van der Waals surface area contributed by atoms with Crippen molar-refractivity contribution in [2.75, 3.05) is 6.54 Å². The Balaban J connectivity index is 4.02. The number of guanidine groups is 1. The third kappa shape index (κ3) is 7.67. The Morgan fingerprint density at radius 2 is 2.00 bits per heavy atom. The summed E-state index contributed by atoms with van der Waals surface area (Å²) < 4.78 is 0. The highest BCUT2D eigenvalue weighted by Gasteiger charge is 2.08. The van der Waals surface area contributed by atoms with Gasteiger partial charge in [-0.05, 0) is 20.1 Å². The van der Waals surface area contributed by atoms with E-state index in [9.17, 15) is 0 Å². The Morgan fingerprint density at radius 1 is 1.38 bits per heavy atom. The van der Waals surface area contributed by atoms with Gasteiger partial charge >= 0.3 is 14.1 Å². The van der Waals surface area contributed by atoms with Gasteiger partial charge in [-0.15, -0.1) is 0 Å². The van der Waals surface area contributed by atoms with E-state index in [1.165, 1.54) is 0 Å². The Kier molecular flexibility index (Phi) is 6.44. The van der Waals surface area contributed by atoms with Gasteiger partial charge in [0.1, 0.15) is 0 Å². The average molecular weight is 185 g/mol. The number of hydrogen-bond acceptors (Lipinski definition) is 3. The summed E-state index contributed by atoms with van der Waals surface area (Å²) in [6, 6.07) is 0. The van der Waals surface area contributed by atoms with Crippen LogP contribution in [0.25, 0.3) is 0 Å². The van der Waals surface area contributed by atoms with Gasteiger partial charge in [0, 0.05) is 6.54 Å². The lowest BCUT2D eigenvalue weighted by Gasteiger charge is -2.12. The molecule has 0 saturated carbocycles. The first-order chi connectivity index (χ1) is 6.06. The zero-order chi connectivity index (χ0) is 10.3. The van der Waals surface area contributed by atoms with E-state index >= 15 is 0 Å². The summed E-state index contributed by atoms with van der Waals surface area (Å²) in [5.74, 6) is 0.423. The van der Waals surface area contributed by atoms with E-state index < -0.39 is 14.1 Å². The van der Waals surface area contributed by atoms with Gasteiger partial charge in [-0.1, -0.05) is 6.92 Å². The zero-order valence-electron chi connectivity index (χ0n) is 8.41. The van der Waals surface area contributed by atoms with E-state index in [1.54, 1.807) is 13.6 Å². The normalized spacial score (nSPS) is 11.0. The molecule has 0 aliphatic rings. The average Bonchev–Trinajstić information content (AvgIpc) is 1.98. The molecule has 0 saturated heterocycles. The van der Waals surface area contributed by atoms with Crippen LogP contribution in [0, 0.1) is 0 Å². The smallest absolute Gasteiger partial charge is 0.431 e. The van der Waals surface area contributed by atoms with Gasteiger partial charge in [0.05, 0.1) is 0 Å². The van der Waals surface area contributed by atoms with Crippen molar-refractivity contribution in [2.24, 2.45) is 4.90 Å². The summed E-state index contributed by atoms with van der Waals surface area (Å²) in [6.45, 7) is 5.92. The van der Waals surface area contributed by atoms with Crippen molar-refractivity contribution < 1.29 is 10.0 Å². The zero-order valence-corrected chi connectivity index (χ0v) is 8.41. The molecule has 0 aromatic carbocycles. The van der Waals surface area contributed by atoms with Crippen molar-refractivity contribution in [1.82, 2.24) is 10.5 Å². The van der Waals surface area contributed by atoms with Crippen molar-refractivity contribution in [3.63, 3.8) is 0 Å². The molecule has 0 bridgehead atoms. The van der Waals surface area contributed by atoms with Gasteiger partial charge in [0.2, 0.25) is 0 Å². The van der Waals surface area contributed by atoms with Gasteiger partial charge in [-0.25, -0.2) is 0 Å². The van der Waals surface area contributed by atoms with Gasteiger partial charge in [0.15, 0.2) is 5.96 Å². The number of nitrogens with one attached hydrogen (secondary N) is 2. The van der Waals surface area contributed by atoms with Crippen molar-refractivity contribution in [3.8, 4) is 0 Å². The first kappa shape index (κ1) is 12.3. The van der Waals surface area contributed by atoms with Crippen LogP contribution in [0.5, 0.6) is 0 Å². The molecule has 5 nitrogen and oxygen atoms in total. The van der Waals surface area contributed by atoms with Crippen LogP contribution in [0.3, 0.4) is 0 Å². The first-order valence-corrected chi connectivity index (χ1v) is 4.50. The van der Waals surface area contributed by atoms with Crippen molar-refractivity contribution in [1.29, 1.82) is 0 Å². The highest BCUT2D eigenvalue weighted by Crippen LogP contribution is 1.80. The number of rotatable bonds is 4. The summed E-state index contributed by atoms with van der Waals surface area (Å²) in [5.41, 5.74) is 0. The van der Waals surface area contributed by atoms with Crippen LogP contribution in [0.4, 0.5) is 0 Å². The molecule has 0 spiro atoms. The SMILES string of the molecule is CCCNC(=NB(C)O)NB(C)O. The van der Waals surface area contributed by atoms with Crippen molar-refractivity contribution >= 4 is 20.1 Å². The molecule has 0 rings (SSSR count). The minimum Gasteiger partial charge on any atom is -0.433 e. The predicted octanol–water partition coefficient (Wildman–Crippen LogP) is -0.848. The van der Waals surface area contributed by atoms with E-state index in [4.69, 9.17) is 10.0 Å². The largest absolute Gasteiger partial charge is 0.433 e. The second-order valence-corrected chi connectivity index (χ2v) is 2.86. The Morgan fingerprint density at radius 3 is 2.38 bits per heavy atom. The summed E-state index contributed by atoms with van der Waals surface area (Å²) in [7, 11) is -1.45. The Labute approximate surface area is 79.9 Å². The molecule has 0 radical (unpaired) electrons. The van der Waals surface area contributed by atoms with Crippen molar-refractivity contribution in [3.05, 3.63) is 0 Å². The maximum absolute atomic E-state index is 9.02. The number of nitrogens with zero attached hydrogens (tertiary/aromatic N) is 1. The summed E-state index contributed by atoms with van der Waals surface area (Å²) in [6.07, 6.45) is 0.959.